The molecule has 0 aromatic heterocycles. The highest BCUT2D eigenvalue weighted by molar-refractivity contribution is 5.98. The number of nitrogens with zero attached hydrogens (tertiary/aromatic N) is 2. The van der Waals surface area contributed by atoms with Crippen molar-refractivity contribution in [1.82, 2.24) is 15.3 Å². The molecule has 1 aliphatic heterocycles. The predicted molar refractivity (Wildman–Crippen MR) is 83.4 cm³/mol. The number of piperazine rings is 1. The number of carbonyl (C=O) groups is 1. The number of hydrogen-bond donors (Lipinski definition) is 2. The molecule has 0 saturated carbocycles. The van der Waals surface area contributed by atoms with Gasteiger partial charge in [0.05, 0.1) is 18.8 Å². The first-order valence-corrected chi connectivity index (χ1v) is 7.32. The zero-order valence-corrected chi connectivity index (χ0v) is 12.8. The second kappa shape index (κ2) is 7.40. The van der Waals surface area contributed by atoms with Gasteiger partial charge in [-0.15, -0.1) is 0 Å². The molecule has 0 unspecified atom stereocenters. The second-order valence-electron chi connectivity index (χ2n) is 5.23. The predicted octanol–water partition coefficient (Wildman–Crippen LogP) is 0.602. The molecule has 1 aliphatic rings. The normalized spacial score (nSPS) is 16.9. The van der Waals surface area contributed by atoms with E-state index >= 15 is 0 Å². The molecular formula is C15H24N4O2. The Labute approximate surface area is 125 Å². The standard InChI is InChI=1S/C15H24N4O2/c1-3-21-15-5-4-12(10-13(15)16)14(20)11-17-19-8-6-18(2)7-9-19/h4-5,10,17H,3,6-9,11,16H2,1-2H3. The van der Waals surface area contributed by atoms with Gasteiger partial charge in [-0.2, -0.15) is 0 Å². The molecule has 0 bridgehead atoms. The minimum Gasteiger partial charge on any atom is -0.492 e. The first-order chi connectivity index (χ1) is 10.1. The number of rotatable bonds is 6. The van der Waals surface area contributed by atoms with Crippen LogP contribution in [0.4, 0.5) is 5.69 Å². The summed E-state index contributed by atoms with van der Waals surface area (Å²) in [5, 5.41) is 2.09. The number of carbonyl (C=O) groups excluding carboxylic acids is 1. The highest BCUT2D eigenvalue weighted by atomic mass is 16.5. The number of benzene rings is 1. The van der Waals surface area contributed by atoms with Crippen LogP contribution in [0.1, 0.15) is 17.3 Å². The van der Waals surface area contributed by atoms with Crippen molar-refractivity contribution in [2.45, 2.75) is 6.92 Å². The van der Waals surface area contributed by atoms with Gasteiger partial charge >= 0.3 is 0 Å². The summed E-state index contributed by atoms with van der Waals surface area (Å²) in [7, 11) is 2.10. The lowest BCUT2D eigenvalue weighted by Crippen LogP contribution is -2.51. The Hall–Kier alpha value is -1.63. The number of hydrazine groups is 1. The molecule has 6 heteroatoms. The largest absolute Gasteiger partial charge is 0.492 e. The quantitative estimate of drug-likeness (QED) is 0.591. The first-order valence-electron chi connectivity index (χ1n) is 7.32. The number of ketones is 1. The number of anilines is 1. The minimum atomic E-state index is 0.0312. The molecule has 3 N–H and O–H groups in total. The summed E-state index contributed by atoms with van der Waals surface area (Å²) in [5.74, 6) is 0.657. The van der Waals surface area contributed by atoms with Crippen molar-refractivity contribution in [3.63, 3.8) is 0 Å². The Morgan fingerprint density at radius 2 is 2.05 bits per heavy atom. The van der Waals surface area contributed by atoms with E-state index in [4.69, 9.17) is 10.5 Å². The molecule has 0 amide bonds. The molecule has 1 aromatic rings. The Morgan fingerprint density at radius 1 is 1.33 bits per heavy atom. The van der Waals surface area contributed by atoms with Gasteiger partial charge in [0.1, 0.15) is 5.75 Å². The van der Waals surface area contributed by atoms with E-state index in [0.717, 1.165) is 26.2 Å². The zero-order valence-electron chi connectivity index (χ0n) is 12.8. The summed E-state index contributed by atoms with van der Waals surface area (Å²) < 4.78 is 5.37. The zero-order chi connectivity index (χ0) is 15.2. The van der Waals surface area contributed by atoms with Gasteiger partial charge in [0.25, 0.3) is 0 Å². The summed E-state index contributed by atoms with van der Waals surface area (Å²) in [5.41, 5.74) is 10.2. The first kappa shape index (κ1) is 15.8. The average Bonchev–Trinajstić information content (AvgIpc) is 2.48. The van der Waals surface area contributed by atoms with Crippen molar-refractivity contribution >= 4 is 11.5 Å². The number of nitrogens with one attached hydrogen (secondary N) is 1. The van der Waals surface area contributed by atoms with Crippen LogP contribution in [0.5, 0.6) is 5.75 Å². The number of ether oxygens (including phenoxy) is 1. The summed E-state index contributed by atoms with van der Waals surface area (Å²) in [6.07, 6.45) is 0. The topological polar surface area (TPSA) is 70.8 Å². The van der Waals surface area contributed by atoms with E-state index in [0.29, 0.717) is 23.6 Å². The highest BCUT2D eigenvalue weighted by Gasteiger charge is 2.15. The fraction of sp³-hybridized carbons (Fsp3) is 0.533. The molecule has 0 atom stereocenters. The van der Waals surface area contributed by atoms with E-state index in [1.54, 1.807) is 18.2 Å². The van der Waals surface area contributed by atoms with Crippen molar-refractivity contribution < 1.29 is 9.53 Å². The van der Waals surface area contributed by atoms with Gasteiger partial charge in [0.15, 0.2) is 5.78 Å². The van der Waals surface area contributed by atoms with Crippen LogP contribution in [0.2, 0.25) is 0 Å². The van der Waals surface area contributed by atoms with Gasteiger partial charge in [-0.25, -0.2) is 10.4 Å². The third-order valence-corrected chi connectivity index (χ3v) is 3.60. The third kappa shape index (κ3) is 4.42. The van der Waals surface area contributed by atoms with Gasteiger partial charge < -0.3 is 15.4 Å². The molecule has 1 heterocycles. The lowest BCUT2D eigenvalue weighted by Gasteiger charge is -2.32. The third-order valence-electron chi connectivity index (χ3n) is 3.60. The maximum atomic E-state index is 12.2. The maximum Gasteiger partial charge on any atom is 0.178 e. The van der Waals surface area contributed by atoms with Gasteiger partial charge in [0.2, 0.25) is 0 Å². The van der Waals surface area contributed by atoms with E-state index in [1.807, 2.05) is 6.92 Å². The fourth-order valence-corrected chi connectivity index (χ4v) is 2.26. The van der Waals surface area contributed by atoms with Crippen LogP contribution in [0.25, 0.3) is 0 Å². The van der Waals surface area contributed by atoms with Crippen LogP contribution in [-0.4, -0.2) is 62.1 Å². The number of nitrogen functional groups attached to an aromatic ring is 1. The van der Waals surface area contributed by atoms with Crippen molar-refractivity contribution in [1.29, 1.82) is 0 Å². The van der Waals surface area contributed by atoms with E-state index < -0.39 is 0 Å². The summed E-state index contributed by atoms with van der Waals surface area (Å²) in [6, 6.07) is 5.19. The summed E-state index contributed by atoms with van der Waals surface area (Å²) in [4.78, 5) is 14.4. The van der Waals surface area contributed by atoms with Crippen molar-refractivity contribution in [3.05, 3.63) is 23.8 Å². The number of Topliss-reactive ketones (excluding diaryl/α,β-unsaturated/α-hetero) is 1. The molecule has 116 valence electrons. The average molecular weight is 292 g/mol. The molecule has 6 nitrogen and oxygen atoms in total. The van der Waals surface area contributed by atoms with Crippen LogP contribution < -0.4 is 15.9 Å². The van der Waals surface area contributed by atoms with Gasteiger partial charge in [-0.3, -0.25) is 4.79 Å². The van der Waals surface area contributed by atoms with E-state index in [2.05, 4.69) is 22.4 Å². The van der Waals surface area contributed by atoms with Crippen molar-refractivity contribution in [2.75, 3.05) is 52.1 Å². The van der Waals surface area contributed by atoms with Crippen LogP contribution in [-0.2, 0) is 0 Å². The number of nitrogens with two attached hydrogens (primary N) is 1. The van der Waals surface area contributed by atoms with Gasteiger partial charge in [-0.05, 0) is 32.2 Å². The smallest absolute Gasteiger partial charge is 0.178 e. The molecule has 0 radical (unpaired) electrons. The monoisotopic (exact) mass is 292 g/mol. The summed E-state index contributed by atoms with van der Waals surface area (Å²) >= 11 is 0. The fourth-order valence-electron chi connectivity index (χ4n) is 2.26. The maximum absolute atomic E-state index is 12.2. The van der Waals surface area contributed by atoms with E-state index in [9.17, 15) is 4.79 Å². The molecule has 0 aliphatic carbocycles. The van der Waals surface area contributed by atoms with E-state index in [-0.39, 0.29) is 12.3 Å². The van der Waals surface area contributed by atoms with E-state index in [1.165, 1.54) is 0 Å². The molecule has 1 aromatic carbocycles. The van der Waals surface area contributed by atoms with Crippen LogP contribution in [0.3, 0.4) is 0 Å². The number of hydrogen-bond acceptors (Lipinski definition) is 6. The molecule has 1 saturated heterocycles. The Balaban J connectivity index is 1.87. The molecule has 1 fully saturated rings. The number of likely N-dealkylation sites (N-methyl/N-ethyl adjacent to an activating group) is 1. The lowest BCUT2D eigenvalue weighted by atomic mass is 10.1. The molecular weight excluding hydrogens is 268 g/mol. The van der Waals surface area contributed by atoms with Crippen LogP contribution in [0.15, 0.2) is 18.2 Å². The Bertz CT molecular complexity index is 485. The van der Waals surface area contributed by atoms with Gasteiger partial charge in [0, 0.05) is 31.7 Å². The lowest BCUT2D eigenvalue weighted by molar-refractivity contribution is 0.0838. The molecule has 2 rings (SSSR count). The Kier molecular flexibility index (Phi) is 5.55. The SMILES string of the molecule is CCOc1ccc(C(=O)CNN2CCN(C)CC2)cc1N. The van der Waals surface area contributed by atoms with Crippen LogP contribution in [0, 0.1) is 0 Å². The van der Waals surface area contributed by atoms with Crippen molar-refractivity contribution in [3.8, 4) is 5.75 Å². The Morgan fingerprint density at radius 3 is 2.67 bits per heavy atom. The van der Waals surface area contributed by atoms with Crippen LogP contribution >= 0.6 is 0 Å². The highest BCUT2D eigenvalue weighted by Crippen LogP contribution is 2.22. The van der Waals surface area contributed by atoms with Crippen molar-refractivity contribution in [2.24, 2.45) is 0 Å². The van der Waals surface area contributed by atoms with Gasteiger partial charge in [-0.1, -0.05) is 0 Å². The second-order valence-corrected chi connectivity index (χ2v) is 5.23. The molecule has 21 heavy (non-hydrogen) atoms. The minimum absolute atomic E-state index is 0.0312. The summed E-state index contributed by atoms with van der Waals surface area (Å²) in [6.45, 7) is 6.62. The molecule has 0 spiro atoms.